The van der Waals surface area contributed by atoms with Crippen molar-refractivity contribution in [2.24, 2.45) is 0 Å². The summed E-state index contributed by atoms with van der Waals surface area (Å²) in [6.07, 6.45) is 2.64. The average Bonchev–Trinajstić information content (AvgIpc) is 2.69. The van der Waals surface area contributed by atoms with Crippen LogP contribution in [-0.4, -0.2) is 18.2 Å². The number of rotatable bonds is 5. The van der Waals surface area contributed by atoms with Crippen LogP contribution in [0.15, 0.2) is 45.6 Å². The third kappa shape index (κ3) is 3.67. The molecule has 2 heterocycles. The number of aryl methyl sites for hydroxylation is 2. The van der Waals surface area contributed by atoms with Crippen molar-refractivity contribution in [1.82, 2.24) is 4.90 Å². The predicted octanol–water partition coefficient (Wildman–Crippen LogP) is 4.59. The van der Waals surface area contributed by atoms with Crippen LogP contribution in [0.25, 0.3) is 11.0 Å². The molecule has 1 aromatic heterocycles. The first-order valence-corrected chi connectivity index (χ1v) is 9.74. The van der Waals surface area contributed by atoms with E-state index >= 15 is 0 Å². The molecule has 3 aromatic rings. The van der Waals surface area contributed by atoms with Crippen molar-refractivity contribution in [3.05, 3.63) is 74.9 Å². The first-order chi connectivity index (χ1) is 13.5. The lowest BCUT2D eigenvalue weighted by Crippen LogP contribution is -2.34. The Morgan fingerprint density at radius 3 is 2.68 bits per heavy atom. The van der Waals surface area contributed by atoms with Crippen LogP contribution in [0.1, 0.15) is 35.6 Å². The van der Waals surface area contributed by atoms with Gasteiger partial charge >= 0.3 is 5.63 Å². The van der Waals surface area contributed by atoms with Gasteiger partial charge in [-0.1, -0.05) is 25.5 Å². The normalized spacial score (nSPS) is 14.1. The summed E-state index contributed by atoms with van der Waals surface area (Å²) in [5, 5.41) is 1.00. The fraction of sp³-hybridized carbons (Fsp3) is 0.348. The van der Waals surface area contributed by atoms with Crippen LogP contribution in [0.5, 0.6) is 5.75 Å². The van der Waals surface area contributed by atoms with E-state index in [1.54, 1.807) is 6.07 Å². The van der Waals surface area contributed by atoms with Crippen molar-refractivity contribution in [2.45, 2.75) is 39.7 Å². The maximum atomic E-state index is 13.1. The van der Waals surface area contributed by atoms with Crippen LogP contribution in [0.4, 0.5) is 4.39 Å². The molecular weight excluding hydrogens is 357 g/mol. The summed E-state index contributed by atoms with van der Waals surface area (Å²) >= 11 is 0. The molecule has 1 aliphatic heterocycles. The van der Waals surface area contributed by atoms with Crippen LogP contribution in [0, 0.1) is 12.7 Å². The van der Waals surface area contributed by atoms with Crippen molar-refractivity contribution < 1.29 is 13.5 Å². The molecule has 28 heavy (non-hydrogen) atoms. The van der Waals surface area contributed by atoms with Crippen LogP contribution in [-0.2, 0) is 19.4 Å². The number of nitrogens with zero attached hydrogens (tertiary/aromatic N) is 1. The molecule has 4 nitrogen and oxygen atoms in total. The van der Waals surface area contributed by atoms with Gasteiger partial charge in [0.2, 0.25) is 0 Å². The van der Waals surface area contributed by atoms with Gasteiger partial charge < -0.3 is 9.15 Å². The first-order valence-electron chi connectivity index (χ1n) is 9.74. The molecule has 1 aliphatic rings. The van der Waals surface area contributed by atoms with Gasteiger partial charge in [-0.25, -0.2) is 9.18 Å². The Kier molecular flexibility index (Phi) is 5.18. The molecule has 0 amide bonds. The Bertz CT molecular complexity index is 1060. The molecule has 0 aliphatic carbocycles. The minimum atomic E-state index is -0.310. The van der Waals surface area contributed by atoms with E-state index in [9.17, 15) is 9.18 Å². The van der Waals surface area contributed by atoms with Crippen molar-refractivity contribution in [3.63, 3.8) is 0 Å². The Labute approximate surface area is 163 Å². The SMILES string of the molecule is CCCc1cc(=O)oc2c(C)c3c(cc12)CN(CCc1ccc(F)cc1)CO3. The molecule has 146 valence electrons. The van der Waals surface area contributed by atoms with E-state index < -0.39 is 0 Å². The van der Waals surface area contributed by atoms with Crippen molar-refractivity contribution in [1.29, 1.82) is 0 Å². The van der Waals surface area contributed by atoms with Gasteiger partial charge in [0.25, 0.3) is 0 Å². The van der Waals surface area contributed by atoms with Crippen LogP contribution >= 0.6 is 0 Å². The Morgan fingerprint density at radius 2 is 1.93 bits per heavy atom. The first kappa shape index (κ1) is 18.7. The Balaban J connectivity index is 1.60. The van der Waals surface area contributed by atoms with E-state index in [4.69, 9.17) is 9.15 Å². The molecule has 5 heteroatoms. The van der Waals surface area contributed by atoms with Gasteiger partial charge in [0.05, 0.1) is 0 Å². The quantitative estimate of drug-likeness (QED) is 0.607. The maximum Gasteiger partial charge on any atom is 0.336 e. The monoisotopic (exact) mass is 381 g/mol. The number of hydrogen-bond donors (Lipinski definition) is 0. The van der Waals surface area contributed by atoms with Crippen LogP contribution in [0.3, 0.4) is 0 Å². The molecule has 0 radical (unpaired) electrons. The lowest BCUT2D eigenvalue weighted by Gasteiger charge is -2.30. The van der Waals surface area contributed by atoms with Gasteiger partial charge in [-0.05, 0) is 49.1 Å². The predicted molar refractivity (Wildman–Crippen MR) is 107 cm³/mol. The third-order valence-corrected chi connectivity index (χ3v) is 5.31. The number of fused-ring (bicyclic) bond motifs is 2. The smallest absolute Gasteiger partial charge is 0.336 e. The van der Waals surface area contributed by atoms with Gasteiger partial charge in [0.15, 0.2) is 0 Å². The summed E-state index contributed by atoms with van der Waals surface area (Å²) in [7, 11) is 0. The molecule has 0 saturated heterocycles. The molecule has 0 saturated carbocycles. The number of hydrogen-bond acceptors (Lipinski definition) is 4. The molecule has 2 aromatic carbocycles. The molecule has 0 bridgehead atoms. The Hall–Kier alpha value is -2.66. The lowest BCUT2D eigenvalue weighted by molar-refractivity contribution is 0.0959. The van der Waals surface area contributed by atoms with E-state index in [0.29, 0.717) is 12.3 Å². The van der Waals surface area contributed by atoms with Crippen molar-refractivity contribution in [2.75, 3.05) is 13.3 Å². The lowest BCUT2D eigenvalue weighted by atomic mass is 9.98. The minimum Gasteiger partial charge on any atom is -0.477 e. The van der Waals surface area contributed by atoms with Crippen molar-refractivity contribution >= 4 is 11.0 Å². The Morgan fingerprint density at radius 1 is 1.14 bits per heavy atom. The number of halogens is 1. The molecule has 0 atom stereocenters. The van der Waals surface area contributed by atoms with Gasteiger partial charge in [0, 0.05) is 35.7 Å². The van der Waals surface area contributed by atoms with E-state index in [1.807, 2.05) is 19.1 Å². The summed E-state index contributed by atoms with van der Waals surface area (Å²) < 4.78 is 24.6. The molecule has 4 rings (SSSR count). The summed E-state index contributed by atoms with van der Waals surface area (Å²) in [5.41, 5.74) is 4.46. The van der Waals surface area contributed by atoms with E-state index in [1.165, 1.54) is 12.1 Å². The van der Waals surface area contributed by atoms with Crippen molar-refractivity contribution in [3.8, 4) is 5.75 Å². The second-order valence-corrected chi connectivity index (χ2v) is 7.41. The highest BCUT2D eigenvalue weighted by atomic mass is 19.1. The zero-order valence-corrected chi connectivity index (χ0v) is 16.3. The van der Waals surface area contributed by atoms with Gasteiger partial charge in [0.1, 0.15) is 23.9 Å². The highest BCUT2D eigenvalue weighted by Crippen LogP contribution is 2.35. The number of benzene rings is 2. The third-order valence-electron chi connectivity index (χ3n) is 5.31. The summed E-state index contributed by atoms with van der Waals surface area (Å²) in [4.78, 5) is 14.2. The average molecular weight is 381 g/mol. The molecular formula is C23H24FNO3. The van der Waals surface area contributed by atoms with E-state index in [-0.39, 0.29) is 11.4 Å². The summed E-state index contributed by atoms with van der Waals surface area (Å²) in [5.74, 6) is 0.609. The topological polar surface area (TPSA) is 42.7 Å². The molecule has 0 unspecified atom stereocenters. The van der Waals surface area contributed by atoms with E-state index in [2.05, 4.69) is 17.9 Å². The zero-order chi connectivity index (χ0) is 19.7. The highest BCUT2D eigenvalue weighted by molar-refractivity contribution is 5.86. The summed E-state index contributed by atoms with van der Waals surface area (Å²) in [6, 6.07) is 10.4. The molecule has 0 N–H and O–H groups in total. The van der Waals surface area contributed by atoms with Gasteiger partial charge in [-0.3, -0.25) is 4.90 Å². The maximum absolute atomic E-state index is 13.1. The summed E-state index contributed by atoms with van der Waals surface area (Å²) in [6.45, 7) is 6.14. The second kappa shape index (κ2) is 7.76. The minimum absolute atomic E-state index is 0.212. The zero-order valence-electron chi connectivity index (χ0n) is 16.3. The largest absolute Gasteiger partial charge is 0.477 e. The highest BCUT2D eigenvalue weighted by Gasteiger charge is 2.22. The van der Waals surface area contributed by atoms with E-state index in [0.717, 1.165) is 65.7 Å². The fourth-order valence-corrected chi connectivity index (χ4v) is 3.89. The second-order valence-electron chi connectivity index (χ2n) is 7.41. The molecule has 0 spiro atoms. The molecule has 0 fully saturated rings. The van der Waals surface area contributed by atoms with Gasteiger partial charge in [-0.15, -0.1) is 0 Å². The van der Waals surface area contributed by atoms with Crippen LogP contribution in [0.2, 0.25) is 0 Å². The number of ether oxygens (including phenoxy) is 1. The standard InChI is InChI=1S/C23H24FNO3/c1-3-4-17-12-21(26)28-23-15(2)22-18(11-20(17)23)13-25(14-27-22)10-9-16-5-7-19(24)8-6-16/h5-8,11-12H,3-4,9-10,13-14H2,1-2H3. The van der Waals surface area contributed by atoms with Gasteiger partial charge in [-0.2, -0.15) is 0 Å². The van der Waals surface area contributed by atoms with Crippen LogP contribution < -0.4 is 10.4 Å². The fourth-order valence-electron chi connectivity index (χ4n) is 3.89.